The van der Waals surface area contributed by atoms with E-state index in [1.54, 1.807) is 35.7 Å². The molecular weight excluding hydrogens is 278 g/mol. The van der Waals surface area contributed by atoms with Crippen LogP contribution < -0.4 is 9.64 Å². The van der Waals surface area contributed by atoms with E-state index in [4.69, 9.17) is 9.84 Å². The van der Waals surface area contributed by atoms with Gasteiger partial charge in [-0.05, 0) is 23.6 Å². The summed E-state index contributed by atoms with van der Waals surface area (Å²) in [7, 11) is 0. The Labute approximate surface area is 119 Å². The minimum atomic E-state index is -1.08. The first kappa shape index (κ1) is 12.7. The lowest BCUT2D eigenvalue weighted by atomic mass is 10.1. The van der Waals surface area contributed by atoms with Gasteiger partial charge >= 0.3 is 5.97 Å². The van der Waals surface area contributed by atoms with Crippen LogP contribution >= 0.6 is 11.3 Å². The first-order valence-electron chi connectivity index (χ1n) is 5.99. The molecule has 1 amide bonds. The molecule has 102 valence electrons. The summed E-state index contributed by atoms with van der Waals surface area (Å²) < 4.78 is 5.40. The summed E-state index contributed by atoms with van der Waals surface area (Å²) in [6.45, 7) is 0.00102. The number of amides is 1. The molecule has 0 saturated heterocycles. The molecule has 2 heterocycles. The van der Waals surface area contributed by atoms with Crippen molar-refractivity contribution in [3.05, 3.63) is 46.7 Å². The number of carbonyl (C=O) groups is 2. The smallest absolute Gasteiger partial charge is 0.346 e. The molecule has 0 fully saturated rings. The molecule has 1 aromatic heterocycles. The van der Waals surface area contributed by atoms with Gasteiger partial charge in [0.05, 0.1) is 17.8 Å². The molecule has 0 bridgehead atoms. The van der Waals surface area contributed by atoms with Crippen LogP contribution in [-0.2, 0) is 4.79 Å². The van der Waals surface area contributed by atoms with Crippen molar-refractivity contribution < 1.29 is 19.4 Å². The van der Waals surface area contributed by atoms with Crippen LogP contribution in [0.4, 0.5) is 5.69 Å². The topological polar surface area (TPSA) is 66.8 Å². The Morgan fingerprint density at radius 3 is 2.80 bits per heavy atom. The maximum absolute atomic E-state index is 12.5. The highest BCUT2D eigenvalue weighted by atomic mass is 32.1. The monoisotopic (exact) mass is 289 g/mol. The predicted molar refractivity (Wildman–Crippen MR) is 74.5 cm³/mol. The minimum absolute atomic E-state index is 0.00102. The van der Waals surface area contributed by atoms with Gasteiger partial charge < -0.3 is 14.7 Å². The molecule has 3 rings (SSSR count). The molecule has 0 aliphatic carbocycles. The molecule has 20 heavy (non-hydrogen) atoms. The molecule has 1 aromatic carbocycles. The van der Waals surface area contributed by atoms with Gasteiger partial charge in [0.15, 0.2) is 0 Å². The summed E-state index contributed by atoms with van der Waals surface area (Å²) in [6.07, 6.45) is -1.05. The molecule has 0 spiro atoms. The van der Waals surface area contributed by atoms with Crippen molar-refractivity contribution >= 4 is 28.9 Å². The number of carboxylic acid groups (broad SMARTS) is 1. The fraction of sp³-hybridized carbons (Fsp3) is 0.143. The summed E-state index contributed by atoms with van der Waals surface area (Å²) >= 11 is 1.43. The van der Waals surface area contributed by atoms with Gasteiger partial charge in [-0.25, -0.2) is 4.79 Å². The summed E-state index contributed by atoms with van der Waals surface area (Å²) in [5, 5.41) is 12.7. The lowest BCUT2D eigenvalue weighted by molar-refractivity contribution is -0.144. The predicted octanol–water partition coefficient (Wildman–Crippen LogP) is 2.24. The zero-order valence-electron chi connectivity index (χ0n) is 10.4. The summed E-state index contributed by atoms with van der Waals surface area (Å²) in [5.41, 5.74) is 1.15. The van der Waals surface area contributed by atoms with E-state index in [9.17, 15) is 9.59 Å². The van der Waals surface area contributed by atoms with Crippen LogP contribution in [0.2, 0.25) is 0 Å². The summed E-state index contributed by atoms with van der Waals surface area (Å²) in [6, 6.07) is 8.67. The Hall–Kier alpha value is -2.34. The number of benzene rings is 1. The molecule has 1 N–H and O–H groups in total. The quantitative estimate of drug-likeness (QED) is 0.920. The number of fused-ring (bicyclic) bond motifs is 1. The van der Waals surface area contributed by atoms with Crippen LogP contribution in [0, 0.1) is 0 Å². The van der Waals surface area contributed by atoms with Gasteiger partial charge in [-0.15, -0.1) is 0 Å². The Bertz CT molecular complexity index is 653. The highest BCUT2D eigenvalue weighted by Gasteiger charge is 2.34. The van der Waals surface area contributed by atoms with Crippen LogP contribution in [-0.4, -0.2) is 29.6 Å². The van der Waals surface area contributed by atoms with E-state index in [1.807, 2.05) is 5.38 Å². The van der Waals surface area contributed by atoms with Crippen LogP contribution in [0.3, 0.4) is 0 Å². The Balaban J connectivity index is 2.01. The highest BCUT2D eigenvalue weighted by molar-refractivity contribution is 7.08. The van der Waals surface area contributed by atoms with Crippen LogP contribution in [0.15, 0.2) is 41.1 Å². The first-order chi connectivity index (χ1) is 9.66. The van der Waals surface area contributed by atoms with Crippen LogP contribution in [0.25, 0.3) is 0 Å². The summed E-state index contributed by atoms with van der Waals surface area (Å²) in [4.78, 5) is 25.1. The van der Waals surface area contributed by atoms with Gasteiger partial charge in [-0.3, -0.25) is 4.79 Å². The standard InChI is InChI=1S/C14H11NO4S/c16-13(9-5-6-20-8-9)15-7-12(14(17)18)19-11-4-2-1-3-10(11)15/h1-6,8,12H,7H2,(H,17,18). The second kappa shape index (κ2) is 4.97. The summed E-state index contributed by atoms with van der Waals surface area (Å²) in [5.74, 6) is -0.884. The van der Waals surface area contributed by atoms with Crippen LogP contribution in [0.1, 0.15) is 10.4 Å². The van der Waals surface area contributed by atoms with E-state index >= 15 is 0 Å². The molecule has 1 aliphatic heterocycles. The minimum Gasteiger partial charge on any atom is -0.478 e. The number of para-hydroxylation sites is 2. The van der Waals surface area contributed by atoms with Gasteiger partial charge in [0, 0.05) is 5.38 Å². The number of rotatable bonds is 2. The van der Waals surface area contributed by atoms with E-state index in [1.165, 1.54) is 16.2 Å². The fourth-order valence-electron chi connectivity index (χ4n) is 2.10. The maximum Gasteiger partial charge on any atom is 0.346 e. The molecule has 1 atom stereocenters. The lowest BCUT2D eigenvalue weighted by Crippen LogP contribution is -2.47. The third-order valence-corrected chi connectivity index (χ3v) is 3.75. The molecular formula is C14H11NO4S. The number of thiophene rings is 1. The van der Waals surface area contributed by atoms with Crippen molar-refractivity contribution in [1.29, 1.82) is 0 Å². The molecule has 2 aromatic rings. The van der Waals surface area contributed by atoms with E-state index in [0.29, 0.717) is 17.0 Å². The van der Waals surface area contributed by atoms with Gasteiger partial charge in [0.2, 0.25) is 6.10 Å². The largest absolute Gasteiger partial charge is 0.478 e. The second-order valence-corrected chi connectivity index (χ2v) is 5.12. The second-order valence-electron chi connectivity index (χ2n) is 4.34. The molecule has 6 heteroatoms. The number of anilines is 1. The average Bonchev–Trinajstić information content (AvgIpc) is 2.99. The number of aliphatic carboxylic acids is 1. The molecule has 0 radical (unpaired) electrons. The molecule has 1 aliphatic rings. The number of carboxylic acids is 1. The van der Waals surface area contributed by atoms with Crippen molar-refractivity contribution in [3.63, 3.8) is 0 Å². The number of hydrogen-bond donors (Lipinski definition) is 1. The van der Waals surface area contributed by atoms with E-state index in [2.05, 4.69) is 0 Å². The third-order valence-electron chi connectivity index (χ3n) is 3.06. The fourth-order valence-corrected chi connectivity index (χ4v) is 2.73. The number of carbonyl (C=O) groups excluding carboxylic acids is 1. The normalized spacial score (nSPS) is 17.2. The van der Waals surface area contributed by atoms with E-state index < -0.39 is 12.1 Å². The molecule has 1 unspecified atom stereocenters. The van der Waals surface area contributed by atoms with Crippen LogP contribution in [0.5, 0.6) is 5.75 Å². The number of ether oxygens (including phenoxy) is 1. The number of hydrogen-bond acceptors (Lipinski definition) is 4. The third kappa shape index (κ3) is 2.14. The zero-order chi connectivity index (χ0) is 14.1. The SMILES string of the molecule is O=C(O)C1CN(C(=O)c2ccsc2)c2ccccc2O1. The Morgan fingerprint density at radius 2 is 2.10 bits per heavy atom. The first-order valence-corrected chi connectivity index (χ1v) is 6.93. The van der Waals surface area contributed by atoms with Crippen molar-refractivity contribution in [2.24, 2.45) is 0 Å². The van der Waals surface area contributed by atoms with Gasteiger partial charge in [0.25, 0.3) is 5.91 Å². The van der Waals surface area contributed by atoms with Crippen molar-refractivity contribution in [1.82, 2.24) is 0 Å². The van der Waals surface area contributed by atoms with Crippen molar-refractivity contribution in [2.45, 2.75) is 6.10 Å². The zero-order valence-corrected chi connectivity index (χ0v) is 11.2. The Morgan fingerprint density at radius 1 is 1.30 bits per heavy atom. The van der Waals surface area contributed by atoms with Gasteiger partial charge in [0.1, 0.15) is 5.75 Å². The Kier molecular flexibility index (Phi) is 3.15. The van der Waals surface area contributed by atoms with Crippen molar-refractivity contribution in [3.8, 4) is 5.75 Å². The van der Waals surface area contributed by atoms with Crippen molar-refractivity contribution in [2.75, 3.05) is 11.4 Å². The van der Waals surface area contributed by atoms with Gasteiger partial charge in [-0.1, -0.05) is 12.1 Å². The van der Waals surface area contributed by atoms with E-state index in [0.717, 1.165) is 0 Å². The maximum atomic E-state index is 12.5. The molecule has 5 nitrogen and oxygen atoms in total. The van der Waals surface area contributed by atoms with E-state index in [-0.39, 0.29) is 12.5 Å². The highest BCUT2D eigenvalue weighted by Crippen LogP contribution is 2.34. The van der Waals surface area contributed by atoms with Gasteiger partial charge in [-0.2, -0.15) is 11.3 Å². The molecule has 0 saturated carbocycles. The lowest BCUT2D eigenvalue weighted by Gasteiger charge is -2.32. The number of nitrogens with zero attached hydrogens (tertiary/aromatic N) is 1. The average molecular weight is 289 g/mol.